The molecule has 0 radical (unpaired) electrons. The van der Waals surface area contributed by atoms with Crippen molar-refractivity contribution in [2.24, 2.45) is 0 Å². The van der Waals surface area contributed by atoms with E-state index in [1.807, 2.05) is 22.4 Å². The highest BCUT2D eigenvalue weighted by Gasteiger charge is 2.25. The minimum atomic E-state index is 0.0705. The summed E-state index contributed by atoms with van der Waals surface area (Å²) in [5, 5.41) is 5.10. The lowest BCUT2D eigenvalue weighted by molar-refractivity contribution is 0.0880. The Hall–Kier alpha value is -1.40. The molecule has 126 valence electrons. The number of rotatable bonds is 4. The molecule has 0 bridgehead atoms. The van der Waals surface area contributed by atoms with E-state index >= 15 is 0 Å². The number of thiophene rings is 1. The predicted octanol–water partition coefficient (Wildman–Crippen LogP) is 2.59. The Balaban J connectivity index is 1.41. The number of carbonyl (C=O) groups is 2. The van der Waals surface area contributed by atoms with Crippen LogP contribution in [-0.2, 0) is 0 Å². The van der Waals surface area contributed by atoms with Crippen molar-refractivity contribution < 1.29 is 9.59 Å². The molecule has 2 heterocycles. The molecular weight excluding hydrogens is 310 g/mol. The summed E-state index contributed by atoms with van der Waals surface area (Å²) in [6.07, 6.45) is 5.97. The first-order valence-corrected chi connectivity index (χ1v) is 9.45. The van der Waals surface area contributed by atoms with Gasteiger partial charge in [-0.2, -0.15) is 0 Å². The van der Waals surface area contributed by atoms with Gasteiger partial charge in [0.1, 0.15) is 0 Å². The Morgan fingerprint density at radius 2 is 1.87 bits per heavy atom. The van der Waals surface area contributed by atoms with E-state index < -0.39 is 0 Å². The summed E-state index contributed by atoms with van der Waals surface area (Å²) in [5.41, 5.74) is 0. The number of ketones is 1. The second-order valence-corrected chi connectivity index (χ2v) is 7.40. The maximum absolute atomic E-state index is 12.3. The van der Waals surface area contributed by atoms with Gasteiger partial charge >= 0.3 is 6.03 Å². The smallest absolute Gasteiger partial charge is 0.317 e. The number of nitrogens with zero attached hydrogens (tertiary/aromatic N) is 2. The molecule has 1 N–H and O–H groups in total. The van der Waals surface area contributed by atoms with E-state index in [9.17, 15) is 9.59 Å². The number of hydrogen-bond acceptors (Lipinski definition) is 4. The van der Waals surface area contributed by atoms with Gasteiger partial charge in [0.05, 0.1) is 11.4 Å². The third-order valence-electron chi connectivity index (χ3n) is 4.76. The Morgan fingerprint density at radius 3 is 2.52 bits per heavy atom. The molecule has 1 saturated carbocycles. The summed E-state index contributed by atoms with van der Waals surface area (Å²) in [6, 6.07) is 4.21. The SMILES string of the molecule is O=C(CN1CCN(C(=O)NC2CCCCC2)CC1)c1cccs1. The molecule has 0 atom stereocenters. The summed E-state index contributed by atoms with van der Waals surface area (Å²) in [4.78, 5) is 29.3. The first kappa shape index (κ1) is 16.5. The van der Waals surface area contributed by atoms with Gasteiger partial charge < -0.3 is 10.2 Å². The van der Waals surface area contributed by atoms with Gasteiger partial charge in [-0.3, -0.25) is 9.69 Å². The second-order valence-electron chi connectivity index (χ2n) is 6.45. The van der Waals surface area contributed by atoms with E-state index in [0.29, 0.717) is 25.7 Å². The fourth-order valence-electron chi connectivity index (χ4n) is 3.34. The van der Waals surface area contributed by atoms with Gasteiger partial charge in [0, 0.05) is 32.2 Å². The highest BCUT2D eigenvalue weighted by Crippen LogP contribution is 2.18. The van der Waals surface area contributed by atoms with E-state index in [2.05, 4.69) is 10.2 Å². The minimum absolute atomic E-state index is 0.0705. The molecule has 1 saturated heterocycles. The monoisotopic (exact) mass is 335 g/mol. The fourth-order valence-corrected chi connectivity index (χ4v) is 4.00. The molecule has 0 aromatic carbocycles. The van der Waals surface area contributed by atoms with E-state index in [-0.39, 0.29) is 11.8 Å². The summed E-state index contributed by atoms with van der Waals surface area (Å²) < 4.78 is 0. The Labute approximate surface area is 141 Å². The van der Waals surface area contributed by atoms with Crippen LogP contribution in [0, 0.1) is 0 Å². The number of hydrogen-bond donors (Lipinski definition) is 1. The highest BCUT2D eigenvalue weighted by atomic mass is 32.1. The maximum Gasteiger partial charge on any atom is 0.317 e. The van der Waals surface area contributed by atoms with Crippen LogP contribution in [0.3, 0.4) is 0 Å². The lowest BCUT2D eigenvalue weighted by atomic mass is 9.96. The van der Waals surface area contributed by atoms with Crippen LogP contribution in [0.25, 0.3) is 0 Å². The van der Waals surface area contributed by atoms with Crippen molar-refractivity contribution in [2.75, 3.05) is 32.7 Å². The van der Waals surface area contributed by atoms with E-state index in [1.54, 1.807) is 0 Å². The maximum atomic E-state index is 12.3. The molecule has 2 aliphatic rings. The summed E-state index contributed by atoms with van der Waals surface area (Å²) >= 11 is 1.49. The van der Waals surface area contributed by atoms with Gasteiger partial charge in [-0.1, -0.05) is 25.3 Å². The molecule has 1 aromatic heterocycles. The molecule has 2 fully saturated rings. The van der Waals surface area contributed by atoms with Gasteiger partial charge in [-0.25, -0.2) is 4.79 Å². The molecule has 23 heavy (non-hydrogen) atoms. The van der Waals surface area contributed by atoms with Crippen molar-refractivity contribution in [2.45, 2.75) is 38.1 Å². The Bertz CT molecular complexity index is 518. The Morgan fingerprint density at radius 1 is 1.13 bits per heavy atom. The van der Waals surface area contributed by atoms with Crippen LogP contribution in [0.15, 0.2) is 17.5 Å². The molecule has 5 nitrogen and oxygen atoms in total. The number of urea groups is 1. The van der Waals surface area contributed by atoms with Crippen molar-refractivity contribution in [3.05, 3.63) is 22.4 Å². The van der Waals surface area contributed by atoms with Crippen LogP contribution in [-0.4, -0.2) is 60.4 Å². The molecule has 3 rings (SSSR count). The average Bonchev–Trinajstić information content (AvgIpc) is 3.11. The third-order valence-corrected chi connectivity index (χ3v) is 5.67. The van der Waals surface area contributed by atoms with Crippen LogP contribution in [0.5, 0.6) is 0 Å². The zero-order valence-corrected chi connectivity index (χ0v) is 14.3. The minimum Gasteiger partial charge on any atom is -0.335 e. The number of carbonyl (C=O) groups excluding carboxylic acids is 2. The van der Waals surface area contributed by atoms with E-state index in [1.165, 1.54) is 30.6 Å². The standard InChI is InChI=1S/C17H25N3O2S/c21-15(16-7-4-12-23-16)13-19-8-10-20(11-9-19)17(22)18-14-5-2-1-3-6-14/h4,7,12,14H,1-3,5-6,8-11,13H2,(H,18,22). The van der Waals surface area contributed by atoms with E-state index in [4.69, 9.17) is 0 Å². The lowest BCUT2D eigenvalue weighted by Crippen LogP contribution is -2.54. The average molecular weight is 335 g/mol. The van der Waals surface area contributed by atoms with Crippen LogP contribution in [0.2, 0.25) is 0 Å². The first-order valence-electron chi connectivity index (χ1n) is 8.57. The third kappa shape index (κ3) is 4.54. The van der Waals surface area contributed by atoms with Crippen molar-refractivity contribution in [3.63, 3.8) is 0 Å². The zero-order chi connectivity index (χ0) is 16.1. The van der Waals surface area contributed by atoms with Crippen LogP contribution < -0.4 is 5.32 Å². The lowest BCUT2D eigenvalue weighted by Gasteiger charge is -2.35. The van der Waals surface area contributed by atoms with Crippen molar-refractivity contribution in [3.8, 4) is 0 Å². The summed E-state index contributed by atoms with van der Waals surface area (Å²) in [5.74, 6) is 0.181. The van der Waals surface area contributed by atoms with Gasteiger partial charge in [0.15, 0.2) is 5.78 Å². The Kier molecular flexibility index (Phi) is 5.67. The van der Waals surface area contributed by atoms with Gasteiger partial charge in [0.25, 0.3) is 0 Å². The first-order chi connectivity index (χ1) is 11.2. The molecule has 0 unspecified atom stereocenters. The number of piperazine rings is 1. The molecule has 6 heteroatoms. The van der Waals surface area contributed by atoms with Crippen LogP contribution >= 0.6 is 11.3 Å². The van der Waals surface area contributed by atoms with Crippen molar-refractivity contribution in [1.82, 2.24) is 15.1 Å². The van der Waals surface area contributed by atoms with Crippen LogP contribution in [0.4, 0.5) is 4.79 Å². The van der Waals surface area contributed by atoms with Crippen molar-refractivity contribution >= 4 is 23.2 Å². The van der Waals surface area contributed by atoms with Gasteiger partial charge in [0.2, 0.25) is 0 Å². The largest absolute Gasteiger partial charge is 0.335 e. The second kappa shape index (κ2) is 7.93. The fraction of sp³-hybridized carbons (Fsp3) is 0.647. The molecule has 1 aromatic rings. The topological polar surface area (TPSA) is 52.7 Å². The molecular formula is C17H25N3O2S. The molecule has 0 spiro atoms. The predicted molar refractivity (Wildman–Crippen MR) is 92.1 cm³/mol. The van der Waals surface area contributed by atoms with Gasteiger partial charge in [-0.05, 0) is 24.3 Å². The summed E-state index contributed by atoms with van der Waals surface area (Å²) in [7, 11) is 0. The van der Waals surface area contributed by atoms with E-state index in [0.717, 1.165) is 30.8 Å². The van der Waals surface area contributed by atoms with Crippen LogP contribution in [0.1, 0.15) is 41.8 Å². The normalized spacial score (nSPS) is 20.4. The van der Waals surface area contributed by atoms with Crippen molar-refractivity contribution in [1.29, 1.82) is 0 Å². The number of amides is 2. The van der Waals surface area contributed by atoms with Gasteiger partial charge in [-0.15, -0.1) is 11.3 Å². The quantitative estimate of drug-likeness (QED) is 0.861. The number of Topliss-reactive ketones (excluding diaryl/α,β-unsaturated/α-hetero) is 1. The molecule has 2 amide bonds. The number of nitrogens with one attached hydrogen (secondary N) is 1. The molecule has 1 aliphatic heterocycles. The zero-order valence-electron chi connectivity index (χ0n) is 13.5. The molecule has 1 aliphatic carbocycles. The summed E-state index contributed by atoms with van der Waals surface area (Å²) in [6.45, 7) is 3.41. The highest BCUT2D eigenvalue weighted by molar-refractivity contribution is 7.12.